The first-order chi connectivity index (χ1) is 7.16. The molecule has 5 heteroatoms. The average molecular weight is 215 g/mol. The van der Waals surface area contributed by atoms with E-state index < -0.39 is 12.5 Å². The minimum Gasteiger partial charge on any atom is -0.454 e. The molecule has 2 N–H and O–H groups in total. The summed E-state index contributed by atoms with van der Waals surface area (Å²) in [5, 5.41) is 0. The van der Waals surface area contributed by atoms with Gasteiger partial charge in [0.15, 0.2) is 11.5 Å². The fourth-order valence-corrected chi connectivity index (χ4v) is 1.47. The Hall–Kier alpha value is -1.36. The predicted molar refractivity (Wildman–Crippen MR) is 50.1 cm³/mol. The number of fused-ring (bicyclic) bond motifs is 1. The van der Waals surface area contributed by atoms with Crippen LogP contribution in [0.2, 0.25) is 0 Å². The molecular formula is C10H11F2NO2. The number of hydrogen-bond donors (Lipinski definition) is 1. The normalized spacial score (nSPS) is 15.7. The van der Waals surface area contributed by atoms with E-state index in [1.807, 2.05) is 0 Å². The van der Waals surface area contributed by atoms with Crippen molar-refractivity contribution in [2.75, 3.05) is 6.79 Å². The molecule has 0 fully saturated rings. The molecule has 1 aliphatic heterocycles. The summed E-state index contributed by atoms with van der Waals surface area (Å²) in [5.41, 5.74) is 6.25. The second-order valence-electron chi connectivity index (χ2n) is 3.35. The van der Waals surface area contributed by atoms with Crippen LogP contribution >= 0.6 is 0 Å². The maximum absolute atomic E-state index is 12.1. The summed E-state index contributed by atoms with van der Waals surface area (Å²) >= 11 is 0. The van der Waals surface area contributed by atoms with Gasteiger partial charge >= 0.3 is 0 Å². The smallest absolute Gasteiger partial charge is 0.240 e. The van der Waals surface area contributed by atoms with Gasteiger partial charge in [0.1, 0.15) is 0 Å². The number of rotatable bonds is 3. The van der Waals surface area contributed by atoms with Gasteiger partial charge in [-0.15, -0.1) is 0 Å². The molecule has 0 radical (unpaired) electrons. The fourth-order valence-electron chi connectivity index (χ4n) is 1.47. The molecule has 1 atom stereocenters. The lowest BCUT2D eigenvalue weighted by atomic mass is 10.0. The Labute approximate surface area is 85.8 Å². The van der Waals surface area contributed by atoms with Crippen LogP contribution < -0.4 is 15.2 Å². The van der Waals surface area contributed by atoms with E-state index in [0.717, 1.165) is 0 Å². The van der Waals surface area contributed by atoms with E-state index in [-0.39, 0.29) is 13.2 Å². The molecule has 0 saturated carbocycles. The third-order valence-electron chi connectivity index (χ3n) is 2.26. The molecule has 0 amide bonds. The van der Waals surface area contributed by atoms with Crippen LogP contribution in [0.5, 0.6) is 11.5 Å². The van der Waals surface area contributed by atoms with E-state index in [9.17, 15) is 8.78 Å². The van der Waals surface area contributed by atoms with Gasteiger partial charge in [0.05, 0.1) is 0 Å². The van der Waals surface area contributed by atoms with E-state index >= 15 is 0 Å². The Bertz CT molecular complexity index is 357. The topological polar surface area (TPSA) is 44.5 Å². The summed E-state index contributed by atoms with van der Waals surface area (Å²) in [6.07, 6.45) is -2.75. The van der Waals surface area contributed by atoms with Crippen molar-refractivity contribution < 1.29 is 18.3 Å². The van der Waals surface area contributed by atoms with Crippen LogP contribution in [0.4, 0.5) is 8.78 Å². The second-order valence-corrected chi connectivity index (χ2v) is 3.35. The Morgan fingerprint density at radius 2 is 2.00 bits per heavy atom. The predicted octanol–water partition coefficient (Wildman–Crippen LogP) is 2.07. The van der Waals surface area contributed by atoms with Crippen molar-refractivity contribution in [1.82, 2.24) is 0 Å². The van der Waals surface area contributed by atoms with E-state index in [1.165, 1.54) is 0 Å². The Balaban J connectivity index is 2.15. The van der Waals surface area contributed by atoms with Gasteiger partial charge in [0.2, 0.25) is 13.2 Å². The number of alkyl halides is 2. The molecule has 82 valence electrons. The lowest BCUT2D eigenvalue weighted by molar-refractivity contribution is 0.128. The molecule has 2 rings (SSSR count). The number of halogens is 2. The molecule has 0 saturated heterocycles. The summed E-state index contributed by atoms with van der Waals surface area (Å²) in [6.45, 7) is 0.170. The first-order valence-corrected chi connectivity index (χ1v) is 4.60. The van der Waals surface area contributed by atoms with Crippen LogP contribution in [-0.4, -0.2) is 13.2 Å². The van der Waals surface area contributed by atoms with Gasteiger partial charge in [-0.1, -0.05) is 6.07 Å². The van der Waals surface area contributed by atoms with Crippen LogP contribution in [0.3, 0.4) is 0 Å². The average Bonchev–Trinajstić information content (AvgIpc) is 2.62. The zero-order valence-corrected chi connectivity index (χ0v) is 7.95. The van der Waals surface area contributed by atoms with Gasteiger partial charge < -0.3 is 15.2 Å². The summed E-state index contributed by atoms with van der Waals surface area (Å²) < 4.78 is 34.5. The van der Waals surface area contributed by atoms with Gasteiger partial charge in [0, 0.05) is 12.5 Å². The summed E-state index contributed by atoms with van der Waals surface area (Å²) in [4.78, 5) is 0. The molecule has 0 aliphatic carbocycles. The Morgan fingerprint density at radius 1 is 1.27 bits per heavy atom. The maximum Gasteiger partial charge on any atom is 0.240 e. The van der Waals surface area contributed by atoms with Gasteiger partial charge in [0.25, 0.3) is 0 Å². The minimum atomic E-state index is -2.40. The van der Waals surface area contributed by atoms with Crippen LogP contribution in [0, 0.1) is 0 Å². The van der Waals surface area contributed by atoms with E-state index in [4.69, 9.17) is 15.2 Å². The standard InChI is InChI=1S/C10H11F2NO2/c11-10(12)4-7(13)6-1-2-8-9(3-6)15-5-14-8/h1-3,7,10H,4-5,13H2/t7-/m0/s1. The zero-order valence-electron chi connectivity index (χ0n) is 7.95. The van der Waals surface area contributed by atoms with Gasteiger partial charge in [-0.3, -0.25) is 0 Å². The van der Waals surface area contributed by atoms with E-state index in [1.54, 1.807) is 18.2 Å². The van der Waals surface area contributed by atoms with Crippen molar-refractivity contribution in [2.45, 2.75) is 18.9 Å². The summed E-state index contributed by atoms with van der Waals surface area (Å²) in [5.74, 6) is 1.19. The Kier molecular flexibility index (Phi) is 2.73. The van der Waals surface area contributed by atoms with E-state index in [0.29, 0.717) is 17.1 Å². The van der Waals surface area contributed by atoms with Crippen LogP contribution in [0.25, 0.3) is 0 Å². The number of hydrogen-bond acceptors (Lipinski definition) is 3. The van der Waals surface area contributed by atoms with Crippen LogP contribution in [0.15, 0.2) is 18.2 Å². The van der Waals surface area contributed by atoms with Crippen molar-refractivity contribution >= 4 is 0 Å². The molecular weight excluding hydrogens is 204 g/mol. The highest BCUT2D eigenvalue weighted by Gasteiger charge is 2.18. The molecule has 0 unspecified atom stereocenters. The van der Waals surface area contributed by atoms with Crippen LogP contribution in [-0.2, 0) is 0 Å². The SMILES string of the molecule is N[C@@H](CC(F)F)c1ccc2c(c1)OCO2. The lowest BCUT2D eigenvalue weighted by Crippen LogP contribution is -2.13. The number of ether oxygens (including phenoxy) is 2. The fraction of sp³-hybridized carbons (Fsp3) is 0.400. The molecule has 1 heterocycles. The van der Waals surface area contributed by atoms with Crippen molar-refractivity contribution in [2.24, 2.45) is 5.73 Å². The summed E-state index contributed by atoms with van der Waals surface area (Å²) in [6, 6.07) is 4.35. The molecule has 1 aromatic rings. The maximum atomic E-state index is 12.1. The van der Waals surface area contributed by atoms with Gasteiger partial charge in [-0.25, -0.2) is 8.78 Å². The molecule has 15 heavy (non-hydrogen) atoms. The monoisotopic (exact) mass is 215 g/mol. The highest BCUT2D eigenvalue weighted by Crippen LogP contribution is 2.34. The van der Waals surface area contributed by atoms with Crippen molar-refractivity contribution in [3.05, 3.63) is 23.8 Å². The van der Waals surface area contributed by atoms with E-state index in [2.05, 4.69) is 0 Å². The molecule has 0 bridgehead atoms. The zero-order chi connectivity index (χ0) is 10.8. The summed E-state index contributed by atoms with van der Waals surface area (Å²) in [7, 11) is 0. The first kappa shape index (κ1) is 10.2. The largest absolute Gasteiger partial charge is 0.454 e. The number of nitrogens with two attached hydrogens (primary N) is 1. The second kappa shape index (κ2) is 4.02. The third-order valence-corrected chi connectivity index (χ3v) is 2.26. The molecule has 3 nitrogen and oxygen atoms in total. The van der Waals surface area contributed by atoms with Crippen molar-refractivity contribution in [1.29, 1.82) is 0 Å². The minimum absolute atomic E-state index is 0.170. The number of benzene rings is 1. The third kappa shape index (κ3) is 2.18. The van der Waals surface area contributed by atoms with Crippen molar-refractivity contribution in [3.63, 3.8) is 0 Å². The van der Waals surface area contributed by atoms with Crippen LogP contribution in [0.1, 0.15) is 18.0 Å². The first-order valence-electron chi connectivity index (χ1n) is 4.60. The molecule has 1 aromatic carbocycles. The van der Waals surface area contributed by atoms with Gasteiger partial charge in [-0.2, -0.15) is 0 Å². The lowest BCUT2D eigenvalue weighted by Gasteiger charge is -2.11. The molecule has 0 spiro atoms. The van der Waals surface area contributed by atoms with Gasteiger partial charge in [-0.05, 0) is 17.7 Å². The van der Waals surface area contributed by atoms with Crippen molar-refractivity contribution in [3.8, 4) is 11.5 Å². The highest BCUT2D eigenvalue weighted by molar-refractivity contribution is 5.45. The molecule has 1 aliphatic rings. The quantitative estimate of drug-likeness (QED) is 0.839. The molecule has 0 aromatic heterocycles. The Morgan fingerprint density at radius 3 is 2.73 bits per heavy atom. The highest BCUT2D eigenvalue weighted by atomic mass is 19.3.